The van der Waals surface area contributed by atoms with Gasteiger partial charge in [0.25, 0.3) is 5.91 Å². The van der Waals surface area contributed by atoms with Gasteiger partial charge in [-0.25, -0.2) is 0 Å². The summed E-state index contributed by atoms with van der Waals surface area (Å²) in [5, 5.41) is 3.22. The minimum absolute atomic E-state index is 0.242. The molecule has 0 radical (unpaired) electrons. The number of carbonyl (C=O) groups excluding carboxylic acids is 1. The molecule has 2 aromatic rings. The minimum Gasteiger partial charge on any atom is -0.495 e. The van der Waals surface area contributed by atoms with Crippen molar-refractivity contribution in [3.8, 4) is 11.5 Å². The molecule has 2 aromatic carbocycles. The van der Waals surface area contributed by atoms with Crippen LogP contribution in [0.15, 0.2) is 42.5 Å². The van der Waals surface area contributed by atoms with Crippen molar-refractivity contribution in [1.82, 2.24) is 0 Å². The summed E-state index contributed by atoms with van der Waals surface area (Å²) in [7, 11) is 1.54. The quantitative estimate of drug-likeness (QED) is 0.789. The van der Waals surface area contributed by atoms with Crippen molar-refractivity contribution in [2.75, 3.05) is 12.4 Å². The lowest BCUT2D eigenvalue weighted by molar-refractivity contribution is -0.122. The van der Waals surface area contributed by atoms with Gasteiger partial charge >= 0.3 is 0 Å². The van der Waals surface area contributed by atoms with Gasteiger partial charge in [0.05, 0.1) is 12.1 Å². The number of carbonyl (C=O) groups is 1. The zero-order valence-corrected chi connectivity index (χ0v) is 14.9. The summed E-state index contributed by atoms with van der Waals surface area (Å²) in [6.07, 6.45) is 1.51. The number of anilines is 1. The van der Waals surface area contributed by atoms with Gasteiger partial charge in [-0.05, 0) is 49.2 Å². The summed E-state index contributed by atoms with van der Waals surface area (Å²) in [4.78, 5) is 12.2. The highest BCUT2D eigenvalue weighted by atomic mass is 35.5. The number of hydrogen-bond donors (Lipinski definition) is 1. The van der Waals surface area contributed by atoms with E-state index in [1.54, 1.807) is 32.2 Å². The summed E-state index contributed by atoms with van der Waals surface area (Å²) in [5.41, 5.74) is 1.86. The van der Waals surface area contributed by atoms with E-state index < -0.39 is 6.10 Å². The van der Waals surface area contributed by atoms with Crippen LogP contribution in [-0.4, -0.2) is 19.1 Å². The van der Waals surface area contributed by atoms with E-state index in [2.05, 4.69) is 12.2 Å². The Morgan fingerprint density at radius 2 is 1.92 bits per heavy atom. The maximum absolute atomic E-state index is 12.2. The topological polar surface area (TPSA) is 47.6 Å². The molecule has 24 heavy (non-hydrogen) atoms. The molecule has 0 bridgehead atoms. The first-order valence-electron chi connectivity index (χ1n) is 7.93. The lowest BCUT2D eigenvalue weighted by Crippen LogP contribution is -2.30. The lowest BCUT2D eigenvalue weighted by atomic mass is 10.1. The molecule has 128 valence electrons. The van der Waals surface area contributed by atoms with E-state index in [1.165, 1.54) is 5.56 Å². The van der Waals surface area contributed by atoms with E-state index in [0.29, 0.717) is 22.2 Å². The van der Waals surface area contributed by atoms with Crippen LogP contribution in [0.2, 0.25) is 5.02 Å². The predicted octanol–water partition coefficient (Wildman–Crippen LogP) is 4.71. The Kier molecular flexibility index (Phi) is 6.50. The van der Waals surface area contributed by atoms with Crippen LogP contribution >= 0.6 is 11.6 Å². The molecule has 0 aliphatic carbocycles. The fourth-order valence-electron chi connectivity index (χ4n) is 2.27. The molecule has 1 amide bonds. The first-order chi connectivity index (χ1) is 11.5. The number of nitrogens with one attached hydrogen (secondary N) is 1. The number of ether oxygens (including phenoxy) is 2. The second-order valence-corrected chi connectivity index (χ2v) is 5.90. The second-order valence-electron chi connectivity index (χ2n) is 5.49. The first-order valence-corrected chi connectivity index (χ1v) is 8.31. The molecule has 1 unspecified atom stereocenters. The van der Waals surface area contributed by atoms with E-state index in [9.17, 15) is 4.79 Å². The fraction of sp³-hybridized carbons (Fsp3) is 0.316. The van der Waals surface area contributed by atoms with Gasteiger partial charge in [0.15, 0.2) is 6.10 Å². The molecule has 0 fully saturated rings. The molecule has 2 rings (SSSR count). The minimum atomic E-state index is -0.622. The van der Waals surface area contributed by atoms with Gasteiger partial charge in [0.2, 0.25) is 0 Å². The normalized spacial score (nSPS) is 11.7. The number of amides is 1. The van der Waals surface area contributed by atoms with Crippen LogP contribution in [0.5, 0.6) is 11.5 Å². The van der Waals surface area contributed by atoms with Gasteiger partial charge in [0.1, 0.15) is 11.5 Å². The molecule has 0 aromatic heterocycles. The van der Waals surface area contributed by atoms with Crippen molar-refractivity contribution < 1.29 is 14.3 Å². The highest BCUT2D eigenvalue weighted by Gasteiger charge is 2.15. The van der Waals surface area contributed by atoms with Crippen molar-refractivity contribution in [3.63, 3.8) is 0 Å². The van der Waals surface area contributed by atoms with Gasteiger partial charge in [0, 0.05) is 5.69 Å². The van der Waals surface area contributed by atoms with Crippen LogP contribution < -0.4 is 14.8 Å². The number of aryl methyl sites for hydroxylation is 1. The van der Waals surface area contributed by atoms with Crippen LogP contribution in [0.1, 0.15) is 25.8 Å². The number of hydrogen-bond acceptors (Lipinski definition) is 3. The van der Waals surface area contributed by atoms with Crippen molar-refractivity contribution in [1.29, 1.82) is 0 Å². The van der Waals surface area contributed by atoms with E-state index in [-0.39, 0.29) is 5.91 Å². The van der Waals surface area contributed by atoms with E-state index in [1.807, 2.05) is 24.3 Å². The SMILES string of the molecule is CCCc1ccc(OC(C)C(=O)Nc2ccc(OC)c(Cl)c2)cc1. The fourth-order valence-corrected chi connectivity index (χ4v) is 2.53. The van der Waals surface area contributed by atoms with Crippen LogP contribution in [0.25, 0.3) is 0 Å². The summed E-state index contributed by atoms with van der Waals surface area (Å²) < 4.78 is 10.8. The van der Waals surface area contributed by atoms with E-state index in [0.717, 1.165) is 12.8 Å². The Morgan fingerprint density at radius 1 is 1.21 bits per heavy atom. The Bertz CT molecular complexity index is 686. The van der Waals surface area contributed by atoms with Crippen LogP contribution in [0.4, 0.5) is 5.69 Å². The van der Waals surface area contributed by atoms with E-state index in [4.69, 9.17) is 21.1 Å². The summed E-state index contributed by atoms with van der Waals surface area (Å²) >= 11 is 6.06. The van der Waals surface area contributed by atoms with Crippen LogP contribution in [0.3, 0.4) is 0 Å². The van der Waals surface area contributed by atoms with Gasteiger partial charge in [-0.1, -0.05) is 37.1 Å². The maximum Gasteiger partial charge on any atom is 0.265 e. The molecular formula is C19H22ClNO3. The van der Waals surface area contributed by atoms with Gasteiger partial charge < -0.3 is 14.8 Å². The predicted molar refractivity (Wildman–Crippen MR) is 97.2 cm³/mol. The smallest absolute Gasteiger partial charge is 0.265 e. The molecule has 0 saturated heterocycles. The molecule has 0 aliphatic rings. The summed E-state index contributed by atoms with van der Waals surface area (Å²) in [6.45, 7) is 3.85. The van der Waals surface area contributed by atoms with Gasteiger partial charge in [-0.3, -0.25) is 4.79 Å². The molecule has 5 heteroatoms. The Morgan fingerprint density at radius 3 is 2.50 bits per heavy atom. The molecule has 1 N–H and O–H groups in total. The van der Waals surface area contributed by atoms with Gasteiger partial charge in [-0.2, -0.15) is 0 Å². The van der Waals surface area contributed by atoms with Crippen molar-refractivity contribution in [2.45, 2.75) is 32.8 Å². The number of rotatable bonds is 7. The Labute approximate surface area is 147 Å². The maximum atomic E-state index is 12.2. The number of benzene rings is 2. The van der Waals surface area contributed by atoms with E-state index >= 15 is 0 Å². The lowest BCUT2D eigenvalue weighted by Gasteiger charge is -2.15. The van der Waals surface area contributed by atoms with Crippen LogP contribution in [0, 0.1) is 0 Å². The summed E-state index contributed by atoms with van der Waals surface area (Å²) in [6, 6.07) is 12.9. The third-order valence-electron chi connectivity index (χ3n) is 3.56. The van der Waals surface area contributed by atoms with Crippen molar-refractivity contribution in [3.05, 3.63) is 53.1 Å². The molecule has 1 atom stereocenters. The largest absolute Gasteiger partial charge is 0.495 e. The van der Waals surface area contributed by atoms with Crippen LogP contribution in [-0.2, 0) is 11.2 Å². The monoisotopic (exact) mass is 347 g/mol. The highest BCUT2D eigenvalue weighted by molar-refractivity contribution is 6.32. The average molecular weight is 348 g/mol. The zero-order chi connectivity index (χ0) is 17.5. The number of methoxy groups -OCH3 is 1. The highest BCUT2D eigenvalue weighted by Crippen LogP contribution is 2.27. The summed E-state index contributed by atoms with van der Waals surface area (Å²) in [5.74, 6) is 0.991. The zero-order valence-electron chi connectivity index (χ0n) is 14.1. The standard InChI is InChI=1S/C19H22ClNO3/c1-4-5-14-6-9-16(10-7-14)24-13(2)19(22)21-15-8-11-18(23-3)17(20)12-15/h6-13H,4-5H2,1-3H3,(H,21,22). The number of halogens is 1. The second kappa shape index (κ2) is 8.60. The third kappa shape index (κ3) is 4.90. The molecular weight excluding hydrogens is 326 g/mol. The third-order valence-corrected chi connectivity index (χ3v) is 3.86. The average Bonchev–Trinajstić information content (AvgIpc) is 2.57. The molecule has 4 nitrogen and oxygen atoms in total. The van der Waals surface area contributed by atoms with Crippen molar-refractivity contribution >= 4 is 23.2 Å². The Balaban J connectivity index is 1.95. The molecule has 0 heterocycles. The van der Waals surface area contributed by atoms with Gasteiger partial charge in [-0.15, -0.1) is 0 Å². The molecule has 0 saturated carbocycles. The Hall–Kier alpha value is -2.20. The molecule has 0 aliphatic heterocycles. The molecule has 0 spiro atoms. The first kappa shape index (κ1) is 18.1. The van der Waals surface area contributed by atoms with Crippen molar-refractivity contribution in [2.24, 2.45) is 0 Å².